The van der Waals surface area contributed by atoms with Crippen LogP contribution in [0.1, 0.15) is 0 Å². The first-order valence-corrected chi connectivity index (χ1v) is 11.4. The molecule has 0 radical (unpaired) electrons. The Balaban J connectivity index is 1.37. The van der Waals surface area contributed by atoms with Crippen molar-refractivity contribution in [2.24, 2.45) is 0 Å². The second-order valence-corrected chi connectivity index (χ2v) is 8.44. The normalized spacial score (nSPS) is 13.5. The average molecular weight is 489 g/mol. The van der Waals surface area contributed by atoms with Crippen molar-refractivity contribution >= 4 is 22.9 Å². The topological polar surface area (TPSA) is 112 Å². The second kappa shape index (κ2) is 10.1. The Labute approximate surface area is 207 Å². The Morgan fingerprint density at radius 3 is 2.47 bits per heavy atom. The molecule has 2 N–H and O–H groups in total. The van der Waals surface area contributed by atoms with Crippen LogP contribution >= 0.6 is 0 Å². The molecule has 0 bridgehead atoms. The zero-order chi connectivity index (χ0) is 25.1. The molecule has 0 amide bonds. The average Bonchev–Trinajstić information content (AvgIpc) is 2.89. The van der Waals surface area contributed by atoms with Crippen molar-refractivity contribution in [3.63, 3.8) is 0 Å². The van der Waals surface area contributed by atoms with Crippen LogP contribution in [-0.2, 0) is 4.74 Å². The van der Waals surface area contributed by atoms with Crippen LogP contribution in [0.25, 0.3) is 22.9 Å². The molecular formula is C25H25FN8O2. The SMILES string of the molecule is CN(C)c1cc(O)cc(Nc2ccc(-c3cncc(-c4ncc(F)c(N5CCOCC5)n4)n3)nc2)c1. The lowest BCUT2D eigenvalue weighted by atomic mass is 10.2. The molecule has 5 rings (SSSR count). The van der Waals surface area contributed by atoms with E-state index in [2.05, 4.69) is 30.2 Å². The highest BCUT2D eigenvalue weighted by molar-refractivity contribution is 5.68. The maximum Gasteiger partial charge on any atom is 0.183 e. The van der Waals surface area contributed by atoms with Crippen molar-refractivity contribution in [1.82, 2.24) is 24.9 Å². The summed E-state index contributed by atoms with van der Waals surface area (Å²) in [6.45, 7) is 2.16. The van der Waals surface area contributed by atoms with Gasteiger partial charge in [-0.2, -0.15) is 0 Å². The maximum atomic E-state index is 14.4. The zero-order valence-electron chi connectivity index (χ0n) is 19.9. The quantitative estimate of drug-likeness (QED) is 0.418. The lowest BCUT2D eigenvalue weighted by Crippen LogP contribution is -2.37. The Kier molecular flexibility index (Phi) is 6.54. The van der Waals surface area contributed by atoms with E-state index in [-0.39, 0.29) is 17.4 Å². The number of anilines is 4. The molecule has 0 spiro atoms. The first kappa shape index (κ1) is 23.4. The van der Waals surface area contributed by atoms with Crippen LogP contribution in [0.15, 0.2) is 55.1 Å². The second-order valence-electron chi connectivity index (χ2n) is 8.44. The number of rotatable bonds is 6. The Morgan fingerprint density at radius 2 is 1.72 bits per heavy atom. The van der Waals surface area contributed by atoms with E-state index in [9.17, 15) is 9.50 Å². The number of nitrogens with zero attached hydrogens (tertiary/aromatic N) is 7. The number of hydrogen-bond donors (Lipinski definition) is 2. The molecule has 1 fully saturated rings. The summed E-state index contributed by atoms with van der Waals surface area (Å²) in [4.78, 5) is 25.7. The predicted octanol–water partition coefficient (Wildman–Crippen LogP) is 3.49. The van der Waals surface area contributed by atoms with Gasteiger partial charge in [0, 0.05) is 50.7 Å². The van der Waals surface area contributed by atoms with Crippen LogP contribution in [0, 0.1) is 5.82 Å². The van der Waals surface area contributed by atoms with Crippen molar-refractivity contribution in [3.05, 3.63) is 60.9 Å². The van der Waals surface area contributed by atoms with Gasteiger partial charge in [0.1, 0.15) is 17.1 Å². The number of hydrogen-bond acceptors (Lipinski definition) is 10. The molecule has 0 unspecified atom stereocenters. The summed E-state index contributed by atoms with van der Waals surface area (Å²) in [7, 11) is 3.81. The number of benzene rings is 1. The fraction of sp³-hybridized carbons (Fsp3) is 0.240. The van der Waals surface area contributed by atoms with Crippen molar-refractivity contribution in [2.75, 3.05) is 55.5 Å². The lowest BCUT2D eigenvalue weighted by molar-refractivity contribution is 0.122. The van der Waals surface area contributed by atoms with Crippen molar-refractivity contribution in [3.8, 4) is 28.7 Å². The summed E-state index contributed by atoms with van der Waals surface area (Å²) < 4.78 is 19.8. The van der Waals surface area contributed by atoms with Gasteiger partial charge in [0.2, 0.25) is 0 Å². The molecule has 1 saturated heterocycles. The van der Waals surface area contributed by atoms with E-state index in [1.54, 1.807) is 30.7 Å². The molecule has 11 heteroatoms. The molecule has 3 aromatic heterocycles. The largest absolute Gasteiger partial charge is 0.508 e. The fourth-order valence-corrected chi connectivity index (χ4v) is 3.79. The molecule has 4 heterocycles. The number of phenols is 1. The molecule has 1 aliphatic rings. The molecule has 1 aliphatic heterocycles. The van der Waals surface area contributed by atoms with Gasteiger partial charge in [-0.3, -0.25) is 9.97 Å². The standard InChI is InChI=1S/C25H25FN8O2/c1-33(2)18-9-17(10-19(35)11-18)30-16-3-4-21(28-12-16)22-14-27-15-23(31-22)24-29-13-20(26)25(32-24)34-5-7-36-8-6-34/h3-4,9-15,30,35H,5-8H2,1-2H3. The summed E-state index contributed by atoms with van der Waals surface area (Å²) in [5.41, 5.74) is 3.91. The first-order chi connectivity index (χ1) is 17.5. The Bertz CT molecular complexity index is 1360. The van der Waals surface area contributed by atoms with E-state index in [0.29, 0.717) is 43.4 Å². The third kappa shape index (κ3) is 5.15. The fourth-order valence-electron chi connectivity index (χ4n) is 3.79. The summed E-state index contributed by atoms with van der Waals surface area (Å²) in [5, 5.41) is 13.2. The van der Waals surface area contributed by atoms with Crippen LogP contribution in [-0.4, -0.2) is 70.4 Å². The Morgan fingerprint density at radius 1 is 0.917 bits per heavy atom. The van der Waals surface area contributed by atoms with Crippen LogP contribution in [0.2, 0.25) is 0 Å². The third-order valence-electron chi connectivity index (χ3n) is 5.63. The molecule has 10 nitrogen and oxygen atoms in total. The van der Waals surface area contributed by atoms with Crippen LogP contribution in [0.5, 0.6) is 5.75 Å². The number of phenolic OH excluding ortho intramolecular Hbond substituents is 1. The minimum Gasteiger partial charge on any atom is -0.508 e. The van der Waals surface area contributed by atoms with Crippen LogP contribution in [0.3, 0.4) is 0 Å². The summed E-state index contributed by atoms with van der Waals surface area (Å²) in [6, 6.07) is 8.94. The molecule has 184 valence electrons. The lowest BCUT2D eigenvalue weighted by Gasteiger charge is -2.28. The molecule has 0 saturated carbocycles. The molecule has 1 aromatic carbocycles. The molecule has 4 aromatic rings. The minimum atomic E-state index is -0.487. The van der Waals surface area contributed by atoms with Gasteiger partial charge in [0.15, 0.2) is 17.5 Å². The summed E-state index contributed by atoms with van der Waals surface area (Å²) >= 11 is 0. The monoisotopic (exact) mass is 488 g/mol. The maximum absolute atomic E-state index is 14.4. The van der Waals surface area contributed by atoms with Crippen LogP contribution in [0.4, 0.5) is 27.3 Å². The van der Waals surface area contributed by atoms with E-state index >= 15 is 0 Å². The van der Waals surface area contributed by atoms with Gasteiger partial charge in [-0.1, -0.05) is 0 Å². The van der Waals surface area contributed by atoms with Crippen molar-refractivity contribution in [1.29, 1.82) is 0 Å². The van der Waals surface area contributed by atoms with Gasteiger partial charge in [0.05, 0.1) is 49.4 Å². The first-order valence-electron chi connectivity index (χ1n) is 11.4. The van der Waals surface area contributed by atoms with Crippen LogP contribution < -0.4 is 15.1 Å². The van der Waals surface area contributed by atoms with Crippen molar-refractivity contribution < 1.29 is 14.2 Å². The number of morpholine rings is 1. The van der Waals surface area contributed by atoms with Gasteiger partial charge in [-0.05, 0) is 18.2 Å². The van der Waals surface area contributed by atoms with Gasteiger partial charge >= 0.3 is 0 Å². The number of ether oxygens (including phenoxy) is 1. The number of aromatic hydroxyl groups is 1. The number of aromatic nitrogens is 5. The highest BCUT2D eigenvalue weighted by Gasteiger charge is 2.19. The van der Waals surface area contributed by atoms with E-state index in [1.807, 2.05) is 42.1 Å². The van der Waals surface area contributed by atoms with Crippen molar-refractivity contribution in [2.45, 2.75) is 0 Å². The predicted molar refractivity (Wildman–Crippen MR) is 135 cm³/mol. The van der Waals surface area contributed by atoms with Gasteiger partial charge < -0.3 is 25.0 Å². The highest BCUT2D eigenvalue weighted by Crippen LogP contribution is 2.28. The van der Waals surface area contributed by atoms with Gasteiger partial charge in [-0.25, -0.2) is 19.3 Å². The minimum absolute atomic E-state index is 0.167. The zero-order valence-corrected chi connectivity index (χ0v) is 19.9. The number of halogens is 1. The molecule has 0 aliphatic carbocycles. The van der Waals surface area contributed by atoms with E-state index < -0.39 is 5.82 Å². The molecule has 0 atom stereocenters. The van der Waals surface area contributed by atoms with E-state index in [1.165, 1.54) is 0 Å². The van der Waals surface area contributed by atoms with E-state index in [4.69, 9.17) is 4.74 Å². The Hall–Kier alpha value is -4.38. The van der Waals surface area contributed by atoms with Gasteiger partial charge in [0.25, 0.3) is 0 Å². The summed E-state index contributed by atoms with van der Waals surface area (Å²) in [5.74, 6) is 0.193. The molecular weight excluding hydrogens is 463 g/mol. The third-order valence-corrected chi connectivity index (χ3v) is 5.63. The smallest absolute Gasteiger partial charge is 0.183 e. The summed E-state index contributed by atoms with van der Waals surface area (Å²) in [6.07, 6.45) is 5.97. The van der Waals surface area contributed by atoms with Gasteiger partial charge in [-0.15, -0.1) is 0 Å². The molecule has 36 heavy (non-hydrogen) atoms. The van der Waals surface area contributed by atoms with E-state index in [0.717, 1.165) is 23.3 Å². The highest BCUT2D eigenvalue weighted by atomic mass is 19.1. The number of nitrogens with one attached hydrogen (secondary N) is 1. The number of pyridine rings is 1.